The predicted octanol–water partition coefficient (Wildman–Crippen LogP) is 5.01. The number of ether oxygens (including phenoxy) is 1. The molecular weight excluding hydrogens is 309 g/mol. The quantitative estimate of drug-likeness (QED) is 0.833. The third kappa shape index (κ3) is 5.30. The van der Waals surface area contributed by atoms with Gasteiger partial charge in [0.1, 0.15) is 18.2 Å². The van der Waals surface area contributed by atoms with Crippen molar-refractivity contribution in [2.24, 2.45) is 0 Å². The van der Waals surface area contributed by atoms with E-state index in [-0.39, 0.29) is 10.6 Å². The van der Waals surface area contributed by atoms with Crippen molar-refractivity contribution < 1.29 is 9.13 Å². The highest BCUT2D eigenvalue weighted by atomic mass is 35.5. The largest absolute Gasteiger partial charge is 0.488 e. The number of rotatable bonds is 5. The number of halogens is 2. The van der Waals surface area contributed by atoms with E-state index < -0.39 is 5.82 Å². The van der Waals surface area contributed by atoms with E-state index >= 15 is 0 Å². The molecule has 0 saturated heterocycles. The van der Waals surface area contributed by atoms with Gasteiger partial charge in [0.15, 0.2) is 0 Å². The lowest BCUT2D eigenvalue weighted by Crippen LogP contribution is -2.34. The number of benzene rings is 1. The SMILES string of the molecule is CC(C)(C)NCc1ccc(COc2ccc(F)c(Cl)c2)s1. The van der Waals surface area contributed by atoms with E-state index in [0.29, 0.717) is 12.4 Å². The van der Waals surface area contributed by atoms with Crippen molar-refractivity contribution in [1.29, 1.82) is 0 Å². The molecular formula is C16H19ClFNOS. The van der Waals surface area contributed by atoms with Crippen molar-refractivity contribution in [2.45, 2.75) is 39.5 Å². The van der Waals surface area contributed by atoms with Crippen molar-refractivity contribution in [3.8, 4) is 5.75 Å². The molecule has 2 rings (SSSR count). The summed E-state index contributed by atoms with van der Waals surface area (Å²) in [6.07, 6.45) is 0. The summed E-state index contributed by atoms with van der Waals surface area (Å²) in [5, 5.41) is 3.53. The highest BCUT2D eigenvalue weighted by Gasteiger charge is 2.10. The van der Waals surface area contributed by atoms with Gasteiger partial charge in [0.05, 0.1) is 5.02 Å². The van der Waals surface area contributed by atoms with Crippen LogP contribution in [0.3, 0.4) is 0 Å². The summed E-state index contributed by atoms with van der Waals surface area (Å²) in [5.41, 5.74) is 0.103. The lowest BCUT2D eigenvalue weighted by molar-refractivity contribution is 0.309. The van der Waals surface area contributed by atoms with E-state index in [1.807, 2.05) is 0 Å². The second-order valence-corrected chi connectivity index (χ2v) is 7.50. The van der Waals surface area contributed by atoms with E-state index in [2.05, 4.69) is 38.2 Å². The number of thiophene rings is 1. The Kier molecular flexibility index (Phi) is 5.25. The summed E-state index contributed by atoms with van der Waals surface area (Å²) in [5.74, 6) is 0.139. The molecule has 5 heteroatoms. The zero-order chi connectivity index (χ0) is 15.5. The van der Waals surface area contributed by atoms with Crippen LogP contribution in [0.2, 0.25) is 5.02 Å². The van der Waals surface area contributed by atoms with Gasteiger partial charge in [-0.1, -0.05) is 11.6 Å². The maximum absolute atomic E-state index is 13.1. The molecule has 2 nitrogen and oxygen atoms in total. The molecule has 0 saturated carbocycles. The molecule has 0 unspecified atom stereocenters. The molecule has 21 heavy (non-hydrogen) atoms. The minimum atomic E-state index is -0.435. The summed E-state index contributed by atoms with van der Waals surface area (Å²) in [7, 11) is 0. The molecule has 1 aromatic heterocycles. The van der Waals surface area contributed by atoms with Gasteiger partial charge >= 0.3 is 0 Å². The van der Waals surface area contributed by atoms with Gasteiger partial charge < -0.3 is 10.1 Å². The molecule has 0 aliphatic rings. The molecule has 0 aliphatic heterocycles. The Hall–Kier alpha value is -1.10. The fourth-order valence-electron chi connectivity index (χ4n) is 1.67. The van der Waals surface area contributed by atoms with E-state index in [1.165, 1.54) is 17.0 Å². The molecule has 0 bridgehead atoms. The summed E-state index contributed by atoms with van der Waals surface area (Å²) >= 11 is 7.43. The van der Waals surface area contributed by atoms with Crippen LogP contribution in [0, 0.1) is 5.82 Å². The van der Waals surface area contributed by atoms with E-state index in [4.69, 9.17) is 16.3 Å². The molecule has 0 aliphatic carbocycles. The fourth-order valence-corrected chi connectivity index (χ4v) is 2.71. The smallest absolute Gasteiger partial charge is 0.142 e. The third-order valence-corrected chi connectivity index (χ3v) is 4.13. The zero-order valence-corrected chi connectivity index (χ0v) is 13.9. The van der Waals surface area contributed by atoms with E-state index in [1.54, 1.807) is 17.4 Å². The van der Waals surface area contributed by atoms with Crippen LogP contribution in [0.25, 0.3) is 0 Å². The first-order valence-electron chi connectivity index (χ1n) is 6.74. The summed E-state index contributed by atoms with van der Waals surface area (Å²) in [6.45, 7) is 7.73. The van der Waals surface area contributed by atoms with Crippen molar-refractivity contribution in [3.63, 3.8) is 0 Å². The fraction of sp³-hybridized carbons (Fsp3) is 0.375. The van der Waals surface area contributed by atoms with Crippen LogP contribution >= 0.6 is 22.9 Å². The van der Waals surface area contributed by atoms with Crippen LogP contribution in [0.4, 0.5) is 4.39 Å². The van der Waals surface area contributed by atoms with Gasteiger partial charge in [0.2, 0.25) is 0 Å². The van der Waals surface area contributed by atoms with Crippen LogP contribution in [-0.4, -0.2) is 5.54 Å². The van der Waals surface area contributed by atoms with Crippen molar-refractivity contribution in [1.82, 2.24) is 5.32 Å². The number of hydrogen-bond acceptors (Lipinski definition) is 3. The monoisotopic (exact) mass is 327 g/mol. The molecule has 0 fully saturated rings. The second-order valence-electron chi connectivity index (χ2n) is 5.84. The van der Waals surface area contributed by atoms with Crippen LogP contribution < -0.4 is 10.1 Å². The third-order valence-electron chi connectivity index (χ3n) is 2.78. The number of nitrogens with one attached hydrogen (secondary N) is 1. The molecule has 1 aromatic carbocycles. The Labute approximate surface area is 133 Å². The molecule has 1 heterocycles. The van der Waals surface area contributed by atoms with Crippen LogP contribution in [0.15, 0.2) is 30.3 Å². The van der Waals surface area contributed by atoms with Crippen LogP contribution in [0.1, 0.15) is 30.5 Å². The topological polar surface area (TPSA) is 21.3 Å². The Morgan fingerprint density at radius 1 is 1.19 bits per heavy atom. The van der Waals surface area contributed by atoms with Crippen LogP contribution in [0.5, 0.6) is 5.75 Å². The van der Waals surface area contributed by atoms with Gasteiger partial charge in [-0.25, -0.2) is 4.39 Å². The van der Waals surface area contributed by atoms with Gasteiger partial charge in [-0.2, -0.15) is 0 Å². The summed E-state index contributed by atoms with van der Waals surface area (Å²) < 4.78 is 18.7. The van der Waals surface area contributed by atoms with Gasteiger partial charge in [0.25, 0.3) is 0 Å². The lowest BCUT2D eigenvalue weighted by atomic mass is 10.1. The van der Waals surface area contributed by atoms with Crippen LogP contribution in [-0.2, 0) is 13.2 Å². The van der Waals surface area contributed by atoms with Crippen molar-refractivity contribution >= 4 is 22.9 Å². The normalized spacial score (nSPS) is 11.7. The minimum Gasteiger partial charge on any atom is -0.488 e. The molecule has 2 aromatic rings. The Morgan fingerprint density at radius 3 is 2.57 bits per heavy atom. The average molecular weight is 328 g/mol. The minimum absolute atomic E-state index is 0.0775. The summed E-state index contributed by atoms with van der Waals surface area (Å²) in [6, 6.07) is 8.53. The van der Waals surface area contributed by atoms with Gasteiger partial charge in [-0.05, 0) is 45.0 Å². The van der Waals surface area contributed by atoms with E-state index in [0.717, 1.165) is 11.4 Å². The molecule has 0 atom stereocenters. The Balaban J connectivity index is 1.89. The standard InChI is InChI=1S/C16H19ClFNOS/c1-16(2,3)19-9-12-5-6-13(21-12)10-20-11-4-7-15(18)14(17)8-11/h4-8,19H,9-10H2,1-3H3. The Bertz CT molecular complexity index is 607. The summed E-state index contributed by atoms with van der Waals surface area (Å²) in [4.78, 5) is 2.39. The van der Waals surface area contributed by atoms with Gasteiger partial charge in [-0.15, -0.1) is 11.3 Å². The van der Waals surface area contributed by atoms with Gasteiger partial charge in [0, 0.05) is 27.9 Å². The second kappa shape index (κ2) is 6.77. The maximum atomic E-state index is 13.1. The molecule has 0 amide bonds. The number of hydrogen-bond donors (Lipinski definition) is 1. The highest BCUT2D eigenvalue weighted by molar-refractivity contribution is 7.11. The first-order valence-corrected chi connectivity index (χ1v) is 7.93. The molecule has 0 radical (unpaired) electrons. The first kappa shape index (κ1) is 16.3. The van der Waals surface area contributed by atoms with Crippen molar-refractivity contribution in [3.05, 3.63) is 50.9 Å². The predicted molar refractivity (Wildman–Crippen MR) is 86.7 cm³/mol. The van der Waals surface area contributed by atoms with Crippen molar-refractivity contribution in [2.75, 3.05) is 0 Å². The maximum Gasteiger partial charge on any atom is 0.142 e. The van der Waals surface area contributed by atoms with E-state index in [9.17, 15) is 4.39 Å². The Morgan fingerprint density at radius 2 is 1.90 bits per heavy atom. The highest BCUT2D eigenvalue weighted by Crippen LogP contribution is 2.23. The average Bonchev–Trinajstić information content (AvgIpc) is 2.85. The van der Waals surface area contributed by atoms with Gasteiger partial charge in [-0.3, -0.25) is 0 Å². The molecule has 0 spiro atoms. The lowest BCUT2D eigenvalue weighted by Gasteiger charge is -2.19. The molecule has 114 valence electrons. The first-order chi connectivity index (χ1) is 9.83. The zero-order valence-electron chi connectivity index (χ0n) is 12.4. The molecule has 1 N–H and O–H groups in total.